The molecular weight excluding hydrogens is 406 g/mol. The summed E-state index contributed by atoms with van der Waals surface area (Å²) in [6, 6.07) is 1.42. The monoisotopic (exact) mass is 431 g/mol. The van der Waals surface area contributed by atoms with E-state index in [4.69, 9.17) is 14.6 Å². The summed E-state index contributed by atoms with van der Waals surface area (Å²) in [7, 11) is -1.93. The lowest BCUT2D eigenvalue weighted by Crippen LogP contribution is -2.23. The Bertz CT molecular complexity index is 1160. The Morgan fingerprint density at radius 3 is 3.07 bits per heavy atom. The van der Waals surface area contributed by atoms with Gasteiger partial charge in [-0.05, 0) is 53.9 Å². The van der Waals surface area contributed by atoms with E-state index in [0.717, 1.165) is 31.4 Å². The molecule has 3 N–H and O–H groups in total. The Morgan fingerprint density at radius 2 is 2.30 bits per heavy atom. The van der Waals surface area contributed by atoms with Crippen molar-refractivity contribution in [3.63, 3.8) is 0 Å². The average Bonchev–Trinajstić information content (AvgIpc) is 3.37. The number of nitrogens with two attached hydrogens (primary N) is 1. The summed E-state index contributed by atoms with van der Waals surface area (Å²) in [6.07, 6.45) is 5.38. The summed E-state index contributed by atoms with van der Waals surface area (Å²) in [5.41, 5.74) is 5.74. The maximum atomic E-state index is 13.1. The maximum absolute atomic E-state index is 13.1. The summed E-state index contributed by atoms with van der Waals surface area (Å²) < 4.78 is 29.3. The van der Waals surface area contributed by atoms with Crippen LogP contribution in [-0.4, -0.2) is 40.3 Å². The van der Waals surface area contributed by atoms with E-state index < -0.39 is 15.9 Å². The molecule has 2 aromatic rings. The van der Waals surface area contributed by atoms with Crippen molar-refractivity contribution in [1.82, 2.24) is 9.78 Å². The molecule has 160 valence electrons. The van der Waals surface area contributed by atoms with E-state index in [9.17, 15) is 9.00 Å². The largest absolute Gasteiger partial charge is 0.475 e. The Hall–Kier alpha value is -2.43. The van der Waals surface area contributed by atoms with Crippen molar-refractivity contribution in [3.8, 4) is 5.88 Å². The smallest absolute Gasteiger partial charge is 0.354 e. The third kappa shape index (κ3) is 3.01. The van der Waals surface area contributed by atoms with Gasteiger partial charge in [-0.1, -0.05) is 13.0 Å². The second kappa shape index (κ2) is 7.07. The van der Waals surface area contributed by atoms with E-state index in [0.29, 0.717) is 19.1 Å². The van der Waals surface area contributed by atoms with Gasteiger partial charge >= 0.3 is 6.03 Å². The maximum Gasteiger partial charge on any atom is 0.354 e. The molecule has 0 bridgehead atoms. The number of hydrogen-bond acceptors (Lipinski definition) is 5. The Balaban J connectivity index is 1.45. The number of nitrogens with one attached hydrogen (secondary N) is 1. The van der Waals surface area contributed by atoms with E-state index in [-0.39, 0.29) is 16.8 Å². The van der Waals surface area contributed by atoms with Crippen molar-refractivity contribution < 1.29 is 18.5 Å². The van der Waals surface area contributed by atoms with Gasteiger partial charge in [-0.15, -0.1) is 4.36 Å². The van der Waals surface area contributed by atoms with E-state index in [1.807, 2.05) is 0 Å². The van der Waals surface area contributed by atoms with E-state index >= 15 is 0 Å². The summed E-state index contributed by atoms with van der Waals surface area (Å²) in [6.45, 7) is 2.89. The predicted octanol–water partition coefficient (Wildman–Crippen LogP) is 2.54. The Morgan fingerprint density at radius 1 is 1.47 bits per heavy atom. The fraction of sp³-hybridized carbons (Fsp3) is 0.500. The zero-order chi connectivity index (χ0) is 21.0. The first-order valence-corrected chi connectivity index (χ1v) is 11.7. The molecule has 0 saturated carbocycles. The number of benzene rings is 1. The molecule has 3 aliphatic rings. The van der Waals surface area contributed by atoms with E-state index in [1.165, 1.54) is 28.5 Å². The molecule has 3 atom stereocenters. The quantitative estimate of drug-likeness (QED) is 0.771. The van der Waals surface area contributed by atoms with Crippen molar-refractivity contribution in [2.24, 2.45) is 9.50 Å². The third-order valence-corrected chi connectivity index (χ3v) is 7.49. The van der Waals surface area contributed by atoms with Crippen molar-refractivity contribution in [2.75, 3.05) is 25.6 Å². The van der Waals surface area contributed by atoms with Crippen LogP contribution in [0.2, 0.25) is 0 Å². The molecule has 5 rings (SSSR count). The molecule has 0 fully saturated rings. The number of nitrogens with zero attached hydrogens (tertiary/aromatic N) is 3. The molecule has 2 aliphatic carbocycles. The number of anilines is 1. The number of ether oxygens (including phenoxy) is 2. The molecule has 9 nitrogen and oxygen atoms in total. The van der Waals surface area contributed by atoms with Crippen LogP contribution in [0.15, 0.2) is 21.5 Å². The number of carbonyl (C=O) groups excluding carboxylic acids is 1. The highest BCUT2D eigenvalue weighted by molar-refractivity contribution is 7.91. The zero-order valence-electron chi connectivity index (χ0n) is 17.0. The number of hydrogen-bond donors (Lipinski definition) is 2. The van der Waals surface area contributed by atoms with Crippen molar-refractivity contribution >= 4 is 21.6 Å². The molecule has 1 aromatic carbocycles. The average molecular weight is 432 g/mol. The number of aryl methyl sites for hydroxylation is 1. The molecule has 1 aromatic heterocycles. The molecular formula is C20H25N5O4S. The number of methoxy groups -OCH3 is 1. The van der Waals surface area contributed by atoms with Crippen LogP contribution in [0.5, 0.6) is 5.88 Å². The second-order valence-corrected chi connectivity index (χ2v) is 9.95. The molecule has 1 unspecified atom stereocenters. The van der Waals surface area contributed by atoms with Crippen LogP contribution in [0.4, 0.5) is 10.5 Å². The number of carbonyl (C=O) groups is 1. The molecule has 30 heavy (non-hydrogen) atoms. The fourth-order valence-electron chi connectivity index (χ4n) is 4.79. The van der Waals surface area contributed by atoms with Gasteiger partial charge in [0.1, 0.15) is 17.5 Å². The lowest BCUT2D eigenvalue weighted by Gasteiger charge is -2.31. The standard InChI is InChI=1S/C20H25N5O4S/c1-11-6-13-7-12-4-3-5-15(12)18(17(11)13)23-20(26)24-30(21,27)16-8-22-25-14(9-28-2)10-29-19(16)25/h7-8,11,14H,3-6,9-10H2,1-2H3,(H3,21,23,24,26,27)/t11-,14+,30?/m1/s1. The summed E-state index contributed by atoms with van der Waals surface area (Å²) in [5, 5.41) is 13.1. The van der Waals surface area contributed by atoms with Gasteiger partial charge in [0.05, 0.1) is 12.8 Å². The minimum absolute atomic E-state index is 0.121. The summed E-state index contributed by atoms with van der Waals surface area (Å²) >= 11 is 0. The van der Waals surface area contributed by atoms with Crippen molar-refractivity contribution in [2.45, 2.75) is 49.5 Å². The van der Waals surface area contributed by atoms with Crippen LogP contribution in [0, 0.1) is 0 Å². The molecule has 0 radical (unpaired) electrons. The molecule has 1 aliphatic heterocycles. The van der Waals surface area contributed by atoms with Crippen LogP contribution in [0.25, 0.3) is 0 Å². The third-order valence-electron chi connectivity index (χ3n) is 6.15. The highest BCUT2D eigenvalue weighted by Crippen LogP contribution is 2.45. The fourth-order valence-corrected chi connectivity index (χ4v) is 5.78. The van der Waals surface area contributed by atoms with Gasteiger partial charge in [-0.3, -0.25) is 0 Å². The van der Waals surface area contributed by atoms with Crippen LogP contribution in [-0.2, 0) is 33.9 Å². The van der Waals surface area contributed by atoms with Crippen molar-refractivity contribution in [1.29, 1.82) is 0 Å². The van der Waals surface area contributed by atoms with Crippen LogP contribution in [0.3, 0.4) is 0 Å². The number of rotatable bonds is 4. The molecule has 2 heterocycles. The van der Waals surface area contributed by atoms with Crippen LogP contribution >= 0.6 is 0 Å². The van der Waals surface area contributed by atoms with E-state index in [1.54, 1.807) is 11.8 Å². The molecule has 10 heteroatoms. The van der Waals surface area contributed by atoms with Gasteiger partial charge in [0.2, 0.25) is 5.88 Å². The lowest BCUT2D eigenvalue weighted by atomic mass is 9.75. The predicted molar refractivity (Wildman–Crippen MR) is 111 cm³/mol. The minimum Gasteiger partial charge on any atom is -0.475 e. The van der Waals surface area contributed by atoms with Crippen LogP contribution in [0.1, 0.15) is 47.6 Å². The lowest BCUT2D eigenvalue weighted by molar-refractivity contribution is 0.145. The van der Waals surface area contributed by atoms with Crippen molar-refractivity contribution in [3.05, 3.63) is 34.5 Å². The zero-order valence-corrected chi connectivity index (χ0v) is 17.8. The minimum atomic E-state index is -3.52. The van der Waals surface area contributed by atoms with Gasteiger partial charge in [-0.25, -0.2) is 18.8 Å². The highest BCUT2D eigenvalue weighted by Gasteiger charge is 2.33. The molecule has 0 saturated heterocycles. The molecule has 2 amide bonds. The number of urea groups is 1. The molecule has 0 spiro atoms. The van der Waals surface area contributed by atoms with Gasteiger partial charge in [-0.2, -0.15) is 5.10 Å². The van der Waals surface area contributed by atoms with Gasteiger partial charge in [0, 0.05) is 12.8 Å². The van der Waals surface area contributed by atoms with Crippen LogP contribution < -0.4 is 15.2 Å². The van der Waals surface area contributed by atoms with E-state index in [2.05, 4.69) is 27.8 Å². The Kier molecular flexibility index (Phi) is 4.60. The first-order valence-electron chi connectivity index (χ1n) is 10.1. The van der Waals surface area contributed by atoms with Gasteiger partial charge in [0.25, 0.3) is 0 Å². The summed E-state index contributed by atoms with van der Waals surface area (Å²) in [4.78, 5) is 12.9. The number of amides is 2. The number of fused-ring (bicyclic) bond motifs is 3. The topological polar surface area (TPSA) is 121 Å². The first-order chi connectivity index (χ1) is 14.4. The summed E-state index contributed by atoms with van der Waals surface area (Å²) in [5.74, 6) is 0.660. The number of aromatic nitrogens is 2. The SMILES string of the molecule is COC[C@H]1COc2c(S(N)(=O)=NC(=O)Nc3c4c(cc5c3[C@H](C)C5)CCC4)cnn21. The van der Waals surface area contributed by atoms with Gasteiger partial charge < -0.3 is 14.8 Å². The Labute approximate surface area is 175 Å². The normalized spacial score (nSPS) is 22.9. The highest BCUT2D eigenvalue weighted by atomic mass is 32.2. The second-order valence-electron chi connectivity index (χ2n) is 8.19. The van der Waals surface area contributed by atoms with Gasteiger partial charge in [0.15, 0.2) is 9.92 Å². The first kappa shape index (κ1) is 19.5.